The molecular weight excluding hydrogens is 1770 g/mol. The highest BCUT2D eigenvalue weighted by Gasteiger charge is 2.28. The fourth-order valence-corrected chi connectivity index (χ4v) is 24.0. The van der Waals surface area contributed by atoms with Gasteiger partial charge in [0.1, 0.15) is 0 Å². The van der Waals surface area contributed by atoms with Crippen LogP contribution in [0.15, 0.2) is 340 Å². The minimum Gasteiger partial charge on any atom is -0.341 e. The first kappa shape index (κ1) is 95.2. The molecule has 0 spiro atoms. The van der Waals surface area contributed by atoms with Crippen LogP contribution in [0.4, 0.5) is 0 Å². The largest absolute Gasteiger partial charge is 0.341 e. The van der Waals surface area contributed by atoms with Crippen molar-refractivity contribution in [3.05, 3.63) is 406 Å². The van der Waals surface area contributed by atoms with Gasteiger partial charge in [0.25, 0.3) is 0 Å². The third kappa shape index (κ3) is 16.4. The van der Waals surface area contributed by atoms with Crippen molar-refractivity contribution in [1.82, 2.24) is 18.3 Å². The van der Waals surface area contributed by atoms with Gasteiger partial charge in [-0.15, -0.1) is 0 Å². The van der Waals surface area contributed by atoms with E-state index in [1.54, 1.807) is 0 Å². The highest BCUT2D eigenvalue weighted by atomic mass is 15.0. The quantitative estimate of drug-likeness (QED) is 0.0912. The zero-order valence-corrected chi connectivity index (χ0v) is 90.0. The van der Waals surface area contributed by atoms with Crippen LogP contribution in [0.5, 0.6) is 0 Å². The van der Waals surface area contributed by atoms with Gasteiger partial charge in [-0.2, -0.15) is 0 Å². The number of aryl methyl sites for hydroxylation is 12. The van der Waals surface area contributed by atoms with Crippen LogP contribution in [-0.4, -0.2) is 18.3 Å². The second-order valence-corrected chi connectivity index (χ2v) is 45.7. The van der Waals surface area contributed by atoms with E-state index in [0.29, 0.717) is 5.92 Å². The topological polar surface area (TPSA) is 19.7 Å². The molecular formula is C143H134N4. The van der Waals surface area contributed by atoms with E-state index in [1.807, 2.05) is 0 Å². The molecule has 0 aliphatic rings. The van der Waals surface area contributed by atoms with Crippen LogP contribution >= 0.6 is 0 Å². The van der Waals surface area contributed by atoms with Crippen molar-refractivity contribution >= 4 is 130 Å². The predicted molar refractivity (Wildman–Crippen MR) is 640 cm³/mol. The Hall–Kier alpha value is -15.4. The van der Waals surface area contributed by atoms with Crippen molar-refractivity contribution in [3.63, 3.8) is 0 Å². The number of aromatic nitrogens is 4. The first-order valence-corrected chi connectivity index (χ1v) is 53.5. The van der Waals surface area contributed by atoms with E-state index >= 15 is 0 Å². The van der Waals surface area contributed by atoms with Crippen molar-refractivity contribution in [2.45, 2.75) is 208 Å². The van der Waals surface area contributed by atoms with E-state index in [9.17, 15) is 0 Å². The maximum atomic E-state index is 2.46. The lowest BCUT2D eigenvalue weighted by Gasteiger charge is -2.21. The summed E-state index contributed by atoms with van der Waals surface area (Å²) < 4.78 is 9.82. The first-order chi connectivity index (χ1) is 70.7. The normalized spacial score (nSPS) is 12.4. The molecule has 20 aromatic carbocycles. The summed E-state index contributed by atoms with van der Waals surface area (Å²) in [6.45, 7) is 56.1. The minimum atomic E-state index is 0.0841. The molecule has 0 saturated carbocycles. The van der Waals surface area contributed by atoms with Gasteiger partial charge >= 0.3 is 0 Å². The Morgan fingerprint density at radius 1 is 0.163 bits per heavy atom. The number of hydrogen-bond acceptors (Lipinski definition) is 0. The lowest BCUT2D eigenvalue weighted by Crippen LogP contribution is -2.10. The van der Waals surface area contributed by atoms with Crippen LogP contribution in [0.2, 0.25) is 0 Å². The van der Waals surface area contributed by atoms with E-state index in [4.69, 9.17) is 0 Å². The number of nitrogens with zero attached hydrogens (tertiary/aromatic N) is 4. The van der Waals surface area contributed by atoms with Gasteiger partial charge in [-0.05, 0) is 423 Å². The van der Waals surface area contributed by atoms with Crippen molar-refractivity contribution < 1.29 is 0 Å². The molecule has 0 N–H and O–H groups in total. The smallest absolute Gasteiger partial charge is 0.0491 e. The lowest BCUT2D eigenvalue weighted by atomic mass is 9.83. The summed E-state index contributed by atoms with van der Waals surface area (Å²) in [7, 11) is 0. The Kier molecular flexibility index (Phi) is 23.6. The molecule has 0 amide bonds. The van der Waals surface area contributed by atoms with Gasteiger partial charge in [-0.25, -0.2) is 0 Å². The Bertz CT molecular complexity index is 9040. The fourth-order valence-electron chi connectivity index (χ4n) is 24.0. The maximum Gasteiger partial charge on any atom is 0.0491 e. The molecule has 0 aliphatic carbocycles. The van der Waals surface area contributed by atoms with Gasteiger partial charge in [0.15, 0.2) is 0 Å². The summed E-state index contributed by atoms with van der Waals surface area (Å²) in [4.78, 5) is 0. The van der Waals surface area contributed by atoms with Crippen LogP contribution in [0.1, 0.15) is 177 Å². The molecule has 147 heavy (non-hydrogen) atoms. The third-order valence-corrected chi connectivity index (χ3v) is 33.2. The van der Waals surface area contributed by atoms with Crippen molar-refractivity contribution in [3.8, 4) is 111 Å². The van der Waals surface area contributed by atoms with Crippen LogP contribution in [0.3, 0.4) is 0 Å². The zero-order valence-electron chi connectivity index (χ0n) is 90.0. The molecule has 4 heterocycles. The lowest BCUT2D eigenvalue weighted by molar-refractivity contribution is 0.591. The number of benzene rings is 20. The van der Waals surface area contributed by atoms with Gasteiger partial charge < -0.3 is 18.3 Å². The second-order valence-electron chi connectivity index (χ2n) is 45.7. The Morgan fingerprint density at radius 2 is 0.313 bits per heavy atom. The second kappa shape index (κ2) is 36.4. The first-order valence-electron chi connectivity index (χ1n) is 53.5. The van der Waals surface area contributed by atoms with E-state index in [-0.39, 0.29) is 16.2 Å². The van der Waals surface area contributed by atoms with E-state index in [0.717, 1.165) is 26.2 Å². The molecule has 24 aromatic rings. The maximum absolute atomic E-state index is 2.46. The van der Waals surface area contributed by atoms with Crippen molar-refractivity contribution in [2.75, 3.05) is 0 Å². The van der Waals surface area contributed by atoms with Crippen molar-refractivity contribution in [1.29, 1.82) is 0 Å². The Labute approximate surface area is 867 Å². The molecule has 4 aromatic heterocycles. The number of hydrogen-bond donors (Lipinski definition) is 0. The molecule has 726 valence electrons. The van der Waals surface area contributed by atoms with E-state index in [2.05, 4.69) is 517 Å². The summed E-state index contributed by atoms with van der Waals surface area (Å²) in [5.41, 5.74) is 51.5. The molecule has 0 aliphatic heterocycles. The van der Waals surface area contributed by atoms with Crippen LogP contribution in [0.25, 0.3) is 242 Å². The predicted octanol–water partition coefficient (Wildman–Crippen LogP) is 40.7. The summed E-state index contributed by atoms with van der Waals surface area (Å²) in [6.07, 6.45) is 0. The molecule has 0 radical (unpaired) electrons. The summed E-state index contributed by atoms with van der Waals surface area (Å²) in [5, 5.41) is 21.0. The van der Waals surface area contributed by atoms with Gasteiger partial charge in [-0.3, -0.25) is 0 Å². The molecule has 4 heteroatoms. The fraction of sp³-hybridized carbons (Fsp3) is 0.217. The van der Waals surface area contributed by atoms with Gasteiger partial charge in [-0.1, -0.05) is 319 Å². The average molecular weight is 1910 g/mol. The summed E-state index contributed by atoms with van der Waals surface area (Å²) >= 11 is 0. The minimum absolute atomic E-state index is 0.0841. The molecule has 0 unspecified atom stereocenters. The van der Waals surface area contributed by atoms with E-state index < -0.39 is 0 Å². The standard InChI is InChI=1S/C78H72N2.C65H62N2/c1-13-79-71-35-31-59(43-63(71)65-45-61(77(7,8)9)33-37-73(65)79)55-19-15-51(16-20-55)53-23-27-57(28-24-53)75-67-39-47(3)49(5)41-69(67)76(70-42-50(6)48(4)40-68(70)75)58-29-25-54(26-30-58)52-17-21-56(22-18-52)60-32-36-72-64(44-60)66-46-62(78(10,11)12)34-38-74(66)80(72)14-2;1-12-66-59-26-22-47(38(3)4)34-51(59)52-35-48(23-27-60(52)66)43-14-18-45(19-15-43)63-55-30-39(5)41(7)32-57(55)64(58-33-42(8)40(6)31-56(58)63)46-20-16-44(17-21-46)49-24-28-61-53(36-49)54-37-50(65(9,10)11)25-29-62(54)67(61)13-2/h15-46H,13-14H2,1-12H3;14-38H,12-13H2,1-11H3. The van der Waals surface area contributed by atoms with Crippen molar-refractivity contribution in [2.24, 2.45) is 0 Å². The monoisotopic (exact) mass is 1910 g/mol. The third-order valence-electron chi connectivity index (χ3n) is 33.2. The SMILES string of the molecule is CCn1c2ccc(-c3ccc(-c4c5cc(C)c(C)cc5c(-c5ccc(-c6ccc7c(c6)c6cc(C(C)(C)C)ccc6n7CC)cc5)c5cc(C)c(C)cc45)cc3)cc2c2cc(C(C)C)ccc21.CCn1c2ccc(-c3ccc(-c4ccc(-c5c6cc(C)c(C)cc6c(-c6ccc(-c7ccc(-c8ccc9c(c8)c8cc(C(C)(C)C)ccc8n9CC)cc7)cc6)c6cc(C)c(C)cc56)cc4)cc3)cc2c2cc(C(C)(C)C)ccc21. The highest BCUT2D eigenvalue weighted by Crippen LogP contribution is 2.52. The summed E-state index contributed by atoms with van der Waals surface area (Å²) in [5.74, 6) is 0.484. The molecule has 24 rings (SSSR count). The molecule has 0 bridgehead atoms. The van der Waals surface area contributed by atoms with Crippen LogP contribution in [-0.2, 0) is 42.4 Å². The van der Waals surface area contributed by atoms with Gasteiger partial charge in [0.05, 0.1) is 0 Å². The molecule has 0 fully saturated rings. The van der Waals surface area contributed by atoms with Gasteiger partial charge in [0.2, 0.25) is 0 Å². The zero-order chi connectivity index (χ0) is 102. The summed E-state index contributed by atoms with van der Waals surface area (Å²) in [6, 6.07) is 132. The van der Waals surface area contributed by atoms with Crippen LogP contribution < -0.4 is 0 Å². The van der Waals surface area contributed by atoms with E-state index in [1.165, 1.54) is 308 Å². The number of fused-ring (bicyclic) bond motifs is 16. The van der Waals surface area contributed by atoms with Gasteiger partial charge in [0, 0.05) is 113 Å². The molecule has 0 atom stereocenters. The molecule has 0 saturated heterocycles. The molecule has 4 nitrogen and oxygen atoms in total. The Balaban J connectivity index is 0.000000164. The van der Waals surface area contributed by atoms with Crippen LogP contribution in [0, 0.1) is 55.4 Å². The Morgan fingerprint density at radius 3 is 0.490 bits per heavy atom. The highest BCUT2D eigenvalue weighted by molar-refractivity contribution is 6.25. The average Bonchev–Trinajstić information content (AvgIpc) is 1.05. The number of rotatable bonds is 15.